The summed E-state index contributed by atoms with van der Waals surface area (Å²) in [6, 6.07) is 12.4. The van der Waals surface area contributed by atoms with Gasteiger partial charge < -0.3 is 45.6 Å². The van der Waals surface area contributed by atoms with Crippen molar-refractivity contribution in [3.63, 3.8) is 0 Å². The normalized spacial score (nSPS) is 20.0. The van der Waals surface area contributed by atoms with Crippen LogP contribution in [0.5, 0.6) is 11.8 Å². The molecule has 4 saturated heterocycles. The Kier molecular flexibility index (Phi) is 17.8. The molecule has 2 unspecified atom stereocenters. The molecular weight excluding hydrogens is 1050 g/mol. The van der Waals surface area contributed by atoms with E-state index in [9.17, 15) is 24.6 Å². The molecule has 2 bridgehead atoms. The van der Waals surface area contributed by atoms with Crippen molar-refractivity contribution in [2.45, 2.75) is 154 Å². The zero-order valence-electron chi connectivity index (χ0n) is 46.8. The quantitative estimate of drug-likeness (QED) is 0.0359. The highest BCUT2D eigenvalue weighted by Gasteiger charge is 2.44. The number of thiazole rings is 1. The molecule has 428 valence electrons. The average molecular weight is 1130 g/mol. The number of piperazine rings is 1. The Balaban J connectivity index is 0.661. The molecule has 3 aromatic heterocycles. The molecule has 0 radical (unpaired) electrons. The van der Waals surface area contributed by atoms with Crippen molar-refractivity contribution in [1.29, 1.82) is 0 Å². The lowest BCUT2D eigenvalue weighted by atomic mass is 9.85. The molecule has 4 aliphatic heterocycles. The molecule has 19 heteroatoms. The van der Waals surface area contributed by atoms with Gasteiger partial charge in [-0.25, -0.2) is 13.8 Å². The predicted molar refractivity (Wildman–Crippen MR) is 311 cm³/mol. The lowest BCUT2D eigenvalue weighted by Crippen LogP contribution is -2.57. The van der Waals surface area contributed by atoms with E-state index in [0.717, 1.165) is 106 Å². The minimum Gasteiger partial charge on any atom is -0.508 e. The SMILES string of the molecule is C#Cc1c(F)ccc2cc(O)cc(-c3ncc4c(N5CC6CCC(C5)N6)nc(OC5CCN(CCCCCCCCCC(=O)N[C@H](C(=O)N6C[C@H](O)C[C@H]6C(=O)NCc6ccc(-c7scnc7C)cc6)C(C)(C)C)CC5)nc4c3F)c12. The van der Waals surface area contributed by atoms with Gasteiger partial charge in [0.05, 0.1) is 33.1 Å². The number of nitrogens with one attached hydrogen (secondary N) is 3. The number of phenols is 1. The molecule has 4 fully saturated rings. The average Bonchev–Trinajstić information content (AvgIpc) is 4.22. The lowest BCUT2D eigenvalue weighted by molar-refractivity contribution is -0.144. The Morgan fingerprint density at radius 2 is 1.64 bits per heavy atom. The van der Waals surface area contributed by atoms with Crippen LogP contribution < -0.4 is 25.6 Å². The zero-order valence-corrected chi connectivity index (χ0v) is 47.6. The maximum absolute atomic E-state index is 17.1. The molecule has 7 heterocycles. The number of anilines is 1. The molecule has 4 aliphatic rings. The number of phenolic OH excluding ortho intramolecular Hbond substituents is 1. The number of pyridine rings is 1. The minimum absolute atomic E-state index is 0.0217. The van der Waals surface area contributed by atoms with Crippen LogP contribution in [0, 0.1) is 36.3 Å². The molecule has 10 rings (SSSR count). The highest BCUT2D eigenvalue weighted by molar-refractivity contribution is 7.13. The third-order valence-electron chi connectivity index (χ3n) is 16.5. The van der Waals surface area contributed by atoms with Gasteiger partial charge in [0.2, 0.25) is 17.7 Å². The van der Waals surface area contributed by atoms with Gasteiger partial charge in [0.15, 0.2) is 5.82 Å². The summed E-state index contributed by atoms with van der Waals surface area (Å²) in [5, 5.41) is 32.1. The number of β-amino-alcohol motifs (C(OH)–C–C–N with tert-alkyl or cyclic N) is 1. The fourth-order valence-corrected chi connectivity index (χ4v) is 13.0. The number of piperidine rings is 1. The van der Waals surface area contributed by atoms with Crippen molar-refractivity contribution >= 4 is 56.6 Å². The largest absolute Gasteiger partial charge is 0.508 e. The molecule has 16 nitrogen and oxygen atoms in total. The number of terminal acetylenes is 1. The van der Waals surface area contributed by atoms with Crippen LogP contribution in [0.4, 0.5) is 14.6 Å². The zero-order chi connectivity index (χ0) is 57.0. The van der Waals surface area contributed by atoms with E-state index in [0.29, 0.717) is 42.5 Å². The van der Waals surface area contributed by atoms with E-state index in [1.54, 1.807) is 17.5 Å². The standard InChI is InChI=1S/C62H74F2N10O6S/c1-6-46-49(63)22-19-40-28-43(75)29-47(52(40)46)54-53(64)55-48(32-65-54)58(73-33-41-20-21-42(34-73)68-41)71-61(70-55)80-45-23-26-72(27-24-45)25-13-11-9-7-8-10-12-14-51(77)69-57(62(3,4)5)60(79)74-35-44(76)30-50(74)59(78)66-31-38-15-17-39(18-16-38)56-37(2)67-36-81-56/h1,15-19,22,28-29,32,36,41-42,44-45,50,57,68,75-76H,7-14,20-21,23-27,30-31,33-35H2,2-5H3,(H,66,78)(H,69,77)/t41?,42?,44-,50+,57-/m1/s1. The number of aromatic nitrogens is 4. The number of aromatic hydroxyl groups is 1. The van der Waals surface area contributed by atoms with Gasteiger partial charge in [-0.05, 0) is 92.1 Å². The van der Waals surface area contributed by atoms with E-state index in [-0.39, 0.29) is 94.9 Å². The van der Waals surface area contributed by atoms with Crippen LogP contribution >= 0.6 is 11.3 Å². The Hall–Kier alpha value is -6.85. The Morgan fingerprint density at radius 1 is 0.926 bits per heavy atom. The van der Waals surface area contributed by atoms with E-state index < -0.39 is 35.2 Å². The van der Waals surface area contributed by atoms with Gasteiger partial charge in [-0.3, -0.25) is 19.4 Å². The molecule has 5 N–H and O–H groups in total. The molecule has 3 amide bonds. The number of halogens is 2. The second kappa shape index (κ2) is 25.1. The van der Waals surface area contributed by atoms with Gasteiger partial charge in [0.1, 0.15) is 46.8 Å². The van der Waals surface area contributed by atoms with Crippen LogP contribution in [0.15, 0.2) is 60.2 Å². The number of hydrogen-bond donors (Lipinski definition) is 5. The summed E-state index contributed by atoms with van der Waals surface area (Å²) in [7, 11) is 0. The number of hydrogen-bond acceptors (Lipinski definition) is 14. The number of aliphatic hydroxyl groups excluding tert-OH is 1. The van der Waals surface area contributed by atoms with Gasteiger partial charge in [-0.2, -0.15) is 9.97 Å². The summed E-state index contributed by atoms with van der Waals surface area (Å²) >= 11 is 1.58. The first-order chi connectivity index (χ1) is 39.0. The van der Waals surface area contributed by atoms with Gasteiger partial charge in [-0.1, -0.05) is 89.1 Å². The van der Waals surface area contributed by atoms with Crippen LogP contribution in [0.2, 0.25) is 0 Å². The highest BCUT2D eigenvalue weighted by Crippen LogP contribution is 2.40. The smallest absolute Gasteiger partial charge is 0.319 e. The van der Waals surface area contributed by atoms with Crippen LogP contribution in [0.3, 0.4) is 0 Å². The predicted octanol–water partition coefficient (Wildman–Crippen LogP) is 8.96. The second-order valence-electron chi connectivity index (χ2n) is 23.5. The van der Waals surface area contributed by atoms with Crippen molar-refractivity contribution in [3.05, 3.63) is 88.7 Å². The fraction of sp³-hybridized carbons (Fsp3) is 0.500. The molecular formula is C62H74F2N10O6S. The number of benzene rings is 3. The number of nitrogens with zero attached hydrogens (tertiary/aromatic N) is 7. The molecule has 0 spiro atoms. The van der Waals surface area contributed by atoms with E-state index in [2.05, 4.69) is 46.6 Å². The summed E-state index contributed by atoms with van der Waals surface area (Å²) < 4.78 is 38.6. The number of amides is 3. The summed E-state index contributed by atoms with van der Waals surface area (Å²) in [4.78, 5) is 66.6. The van der Waals surface area contributed by atoms with Crippen LogP contribution in [-0.4, -0.2) is 133 Å². The van der Waals surface area contributed by atoms with Gasteiger partial charge in [0.25, 0.3) is 0 Å². The highest BCUT2D eigenvalue weighted by atomic mass is 32.1. The fourth-order valence-electron chi connectivity index (χ4n) is 12.1. The van der Waals surface area contributed by atoms with Gasteiger partial charge >= 0.3 is 6.01 Å². The first kappa shape index (κ1) is 57.4. The molecule has 5 atom stereocenters. The number of fused-ring (bicyclic) bond motifs is 4. The molecule has 81 heavy (non-hydrogen) atoms. The summed E-state index contributed by atoms with van der Waals surface area (Å²) in [5.41, 5.74) is 4.14. The molecule has 6 aromatic rings. The number of rotatable bonds is 20. The van der Waals surface area contributed by atoms with Gasteiger partial charge in [0, 0.05) is 81.3 Å². The maximum atomic E-state index is 17.1. The number of carbonyl (C=O) groups excluding carboxylic acids is 3. The number of unbranched alkanes of at least 4 members (excludes halogenated alkanes) is 6. The lowest BCUT2D eigenvalue weighted by Gasteiger charge is -2.35. The van der Waals surface area contributed by atoms with Crippen molar-refractivity contribution in [3.8, 4) is 45.8 Å². The summed E-state index contributed by atoms with van der Waals surface area (Å²) in [5.74, 6) is 0.528. The first-order valence-electron chi connectivity index (χ1n) is 28.7. The molecule has 0 aliphatic carbocycles. The van der Waals surface area contributed by atoms with Crippen molar-refractivity contribution < 1.29 is 38.1 Å². The summed E-state index contributed by atoms with van der Waals surface area (Å²) in [6.45, 7) is 12.0. The minimum atomic E-state index is -0.866. The van der Waals surface area contributed by atoms with Crippen molar-refractivity contribution in [1.82, 2.24) is 45.7 Å². The van der Waals surface area contributed by atoms with Crippen molar-refractivity contribution in [2.75, 3.05) is 44.2 Å². The van der Waals surface area contributed by atoms with E-state index >= 15 is 8.78 Å². The number of aryl methyl sites for hydroxylation is 1. The molecule has 0 saturated carbocycles. The van der Waals surface area contributed by atoms with Crippen LogP contribution in [-0.2, 0) is 20.9 Å². The summed E-state index contributed by atoms with van der Waals surface area (Å²) in [6.07, 6.45) is 17.3. The maximum Gasteiger partial charge on any atom is 0.319 e. The third kappa shape index (κ3) is 13.3. The number of likely N-dealkylation sites (tertiary alicyclic amines) is 2. The molecule has 3 aromatic carbocycles. The van der Waals surface area contributed by atoms with Crippen LogP contribution in [0.1, 0.15) is 121 Å². The first-order valence-corrected chi connectivity index (χ1v) is 29.6. The number of aliphatic hydroxyl groups is 1. The van der Waals surface area contributed by atoms with Crippen LogP contribution in [0.25, 0.3) is 43.4 Å². The second-order valence-corrected chi connectivity index (χ2v) is 24.4. The number of ether oxygens (including phenoxy) is 1. The van der Waals surface area contributed by atoms with E-state index in [1.807, 2.05) is 57.5 Å². The topological polar surface area (TPSA) is 198 Å². The Bertz CT molecular complexity index is 3290. The van der Waals surface area contributed by atoms with Gasteiger partial charge in [-0.15, -0.1) is 17.8 Å². The monoisotopic (exact) mass is 1120 g/mol. The Morgan fingerprint density at radius 3 is 2.33 bits per heavy atom. The van der Waals surface area contributed by atoms with Crippen molar-refractivity contribution in [2.24, 2.45) is 5.41 Å². The van der Waals surface area contributed by atoms with E-state index in [4.69, 9.17) is 16.1 Å². The van der Waals surface area contributed by atoms with E-state index in [1.165, 1.54) is 29.2 Å². The number of carbonyl (C=O) groups is 3. The third-order valence-corrected chi connectivity index (χ3v) is 17.5. The Labute approximate surface area is 476 Å².